The van der Waals surface area contributed by atoms with Crippen LogP contribution in [0.25, 0.3) is 21.9 Å². The fourth-order valence-corrected chi connectivity index (χ4v) is 3.32. The van der Waals surface area contributed by atoms with Gasteiger partial charge in [0.05, 0.1) is 17.6 Å². The van der Waals surface area contributed by atoms with E-state index >= 15 is 0 Å². The van der Waals surface area contributed by atoms with Crippen LogP contribution in [0.5, 0.6) is 0 Å². The highest BCUT2D eigenvalue weighted by molar-refractivity contribution is 7.95. The molecule has 25 heavy (non-hydrogen) atoms. The summed E-state index contributed by atoms with van der Waals surface area (Å²) in [5.74, 6) is 1.47. The second-order valence-electron chi connectivity index (χ2n) is 5.85. The van der Waals surface area contributed by atoms with Gasteiger partial charge in [-0.05, 0) is 18.9 Å². The summed E-state index contributed by atoms with van der Waals surface area (Å²) in [6.45, 7) is 2.38. The molecule has 3 aromatic rings. The Kier molecular flexibility index (Phi) is 6.09. The van der Waals surface area contributed by atoms with Crippen molar-refractivity contribution in [1.82, 2.24) is 19.3 Å². The molecule has 0 radical (unpaired) electrons. The van der Waals surface area contributed by atoms with E-state index in [4.69, 9.17) is 20.6 Å². The summed E-state index contributed by atoms with van der Waals surface area (Å²) in [6.07, 6.45) is 2.80. The Hall–Kier alpha value is -1.87. The van der Waals surface area contributed by atoms with Crippen molar-refractivity contribution in [2.24, 2.45) is 5.14 Å². The van der Waals surface area contributed by atoms with Gasteiger partial charge < -0.3 is 15.0 Å². The molecule has 0 aliphatic rings. The first kappa shape index (κ1) is 17.9. The Morgan fingerprint density at radius 2 is 2.08 bits per heavy atom. The first-order valence-electron chi connectivity index (χ1n) is 8.37. The van der Waals surface area contributed by atoms with Crippen LogP contribution in [-0.2, 0) is 17.7 Å². The highest BCUT2D eigenvalue weighted by Gasteiger charge is 2.16. The van der Waals surface area contributed by atoms with Gasteiger partial charge in [-0.1, -0.05) is 18.2 Å². The normalized spacial score (nSPS) is 11.6. The van der Waals surface area contributed by atoms with E-state index in [-0.39, 0.29) is 0 Å². The Morgan fingerprint density at radius 3 is 2.88 bits per heavy atom. The minimum atomic E-state index is 0.479. The molecule has 0 unspecified atom stereocenters. The average molecular weight is 360 g/mol. The van der Waals surface area contributed by atoms with Crippen LogP contribution in [0.2, 0.25) is 0 Å². The molecule has 0 aliphatic carbocycles. The van der Waals surface area contributed by atoms with E-state index in [0.717, 1.165) is 72.2 Å². The Morgan fingerprint density at radius 1 is 1.24 bits per heavy atom. The number of nitrogens with one attached hydrogen (secondary N) is 1. The number of hydrogen-bond acceptors (Lipinski definition) is 7. The number of nitrogens with zero attached hydrogens (tertiary/aromatic N) is 3. The fraction of sp³-hybridized carbons (Fsp3) is 0.412. The molecule has 2 aromatic heterocycles. The maximum Gasteiger partial charge on any atom is 0.152 e. The van der Waals surface area contributed by atoms with Crippen LogP contribution in [0.3, 0.4) is 0 Å². The molecule has 2 heterocycles. The van der Waals surface area contributed by atoms with Gasteiger partial charge in [-0.3, -0.25) is 9.86 Å². The SMILES string of the molecule is COCCc1nc2c(N)nc3ccccc3c2n1CCCCNSN. The van der Waals surface area contributed by atoms with E-state index in [1.165, 1.54) is 0 Å². The van der Waals surface area contributed by atoms with Gasteiger partial charge >= 0.3 is 0 Å². The second-order valence-corrected chi connectivity index (χ2v) is 6.38. The summed E-state index contributed by atoms with van der Waals surface area (Å²) in [5.41, 5.74) is 8.92. The van der Waals surface area contributed by atoms with E-state index in [1.807, 2.05) is 18.2 Å². The number of anilines is 1. The molecular weight excluding hydrogens is 336 g/mol. The molecule has 0 saturated carbocycles. The number of pyridine rings is 1. The van der Waals surface area contributed by atoms with Crippen LogP contribution >= 0.6 is 12.1 Å². The van der Waals surface area contributed by atoms with Gasteiger partial charge in [-0.2, -0.15) is 0 Å². The van der Waals surface area contributed by atoms with Gasteiger partial charge in [-0.25, -0.2) is 9.97 Å². The monoisotopic (exact) mass is 360 g/mol. The molecule has 0 atom stereocenters. The van der Waals surface area contributed by atoms with Crippen molar-refractivity contribution in [3.05, 3.63) is 30.1 Å². The third kappa shape index (κ3) is 3.87. The van der Waals surface area contributed by atoms with Crippen molar-refractivity contribution in [2.75, 3.05) is 26.0 Å². The minimum absolute atomic E-state index is 0.479. The number of fused-ring (bicyclic) bond motifs is 3. The van der Waals surface area contributed by atoms with Crippen LogP contribution < -0.4 is 15.6 Å². The zero-order valence-corrected chi connectivity index (χ0v) is 15.2. The number of aryl methyl sites for hydroxylation is 1. The number of aromatic nitrogens is 3. The van der Waals surface area contributed by atoms with Crippen LogP contribution in [0.4, 0.5) is 5.82 Å². The lowest BCUT2D eigenvalue weighted by Crippen LogP contribution is -2.11. The lowest BCUT2D eigenvalue weighted by atomic mass is 10.2. The van der Waals surface area contributed by atoms with Crippen molar-refractivity contribution in [3.8, 4) is 0 Å². The summed E-state index contributed by atoms with van der Waals surface area (Å²) in [7, 11) is 1.70. The number of nitrogen functional groups attached to an aromatic ring is 1. The van der Waals surface area contributed by atoms with Crippen LogP contribution in [0.15, 0.2) is 24.3 Å². The largest absolute Gasteiger partial charge is 0.384 e. The van der Waals surface area contributed by atoms with Crippen molar-refractivity contribution in [2.45, 2.75) is 25.8 Å². The number of ether oxygens (including phenoxy) is 1. The molecule has 0 aliphatic heterocycles. The smallest absolute Gasteiger partial charge is 0.152 e. The minimum Gasteiger partial charge on any atom is -0.384 e. The topological polar surface area (TPSA) is 104 Å². The number of rotatable bonds is 9. The molecule has 0 bridgehead atoms. The van der Waals surface area contributed by atoms with Gasteiger partial charge in [0.2, 0.25) is 0 Å². The van der Waals surface area contributed by atoms with E-state index in [0.29, 0.717) is 12.4 Å². The Labute approximate surface area is 151 Å². The molecule has 0 fully saturated rings. The number of benzene rings is 1. The first-order chi connectivity index (χ1) is 12.3. The van der Waals surface area contributed by atoms with Crippen LogP contribution in [0, 0.1) is 0 Å². The standard InChI is InChI=1S/C17H24N6OS/c1-24-11-8-14-22-15-16(23(14)10-5-4-9-20-25-19)12-6-2-3-7-13(12)21-17(15)18/h2-3,6-7,20H,4-5,8-11,19H2,1H3,(H2,18,21). The number of imidazole rings is 1. The molecule has 0 spiro atoms. The predicted octanol–water partition coefficient (Wildman–Crippen LogP) is 2.25. The highest BCUT2D eigenvalue weighted by atomic mass is 32.2. The fourth-order valence-electron chi connectivity index (χ4n) is 3.06. The summed E-state index contributed by atoms with van der Waals surface area (Å²) in [4.78, 5) is 9.27. The lowest BCUT2D eigenvalue weighted by Gasteiger charge is -2.11. The maximum absolute atomic E-state index is 6.18. The number of para-hydroxylation sites is 1. The quantitative estimate of drug-likeness (QED) is 0.397. The van der Waals surface area contributed by atoms with Crippen molar-refractivity contribution in [3.63, 3.8) is 0 Å². The van der Waals surface area contributed by atoms with Crippen molar-refractivity contribution in [1.29, 1.82) is 0 Å². The average Bonchev–Trinajstić information content (AvgIpc) is 2.99. The maximum atomic E-state index is 6.18. The van der Waals surface area contributed by atoms with Crippen molar-refractivity contribution >= 4 is 39.9 Å². The summed E-state index contributed by atoms with van der Waals surface area (Å²) in [5, 5.41) is 6.48. The third-order valence-electron chi connectivity index (χ3n) is 4.21. The summed E-state index contributed by atoms with van der Waals surface area (Å²) < 4.78 is 10.6. The molecule has 1 aromatic carbocycles. The van der Waals surface area contributed by atoms with E-state index in [1.54, 1.807) is 7.11 Å². The molecule has 0 amide bonds. The number of unbranched alkanes of at least 4 members (excludes halogenated alkanes) is 1. The van der Waals surface area contributed by atoms with Gasteiger partial charge in [0, 0.05) is 44.1 Å². The van der Waals surface area contributed by atoms with Gasteiger partial charge in [0.25, 0.3) is 0 Å². The molecule has 7 nitrogen and oxygen atoms in total. The molecule has 5 N–H and O–H groups in total. The Balaban J connectivity index is 2.02. The molecule has 0 saturated heterocycles. The zero-order chi connectivity index (χ0) is 17.6. The molecular formula is C17H24N6OS. The van der Waals surface area contributed by atoms with E-state index in [9.17, 15) is 0 Å². The molecule has 134 valence electrons. The van der Waals surface area contributed by atoms with Gasteiger partial charge in [0.1, 0.15) is 11.3 Å². The Bertz CT molecular complexity index is 850. The lowest BCUT2D eigenvalue weighted by molar-refractivity contribution is 0.199. The van der Waals surface area contributed by atoms with Crippen LogP contribution in [-0.4, -0.2) is 34.8 Å². The third-order valence-corrected chi connectivity index (χ3v) is 4.58. The van der Waals surface area contributed by atoms with Gasteiger partial charge in [0.15, 0.2) is 5.82 Å². The van der Waals surface area contributed by atoms with E-state index in [2.05, 4.69) is 20.3 Å². The molecule has 8 heteroatoms. The second kappa shape index (κ2) is 8.48. The number of hydrogen-bond donors (Lipinski definition) is 3. The highest BCUT2D eigenvalue weighted by Crippen LogP contribution is 2.29. The van der Waals surface area contributed by atoms with Gasteiger partial charge in [-0.15, -0.1) is 0 Å². The summed E-state index contributed by atoms with van der Waals surface area (Å²) >= 11 is 1.16. The van der Waals surface area contributed by atoms with Crippen LogP contribution in [0.1, 0.15) is 18.7 Å². The number of nitrogens with two attached hydrogens (primary N) is 2. The first-order valence-corrected chi connectivity index (χ1v) is 9.25. The number of methoxy groups -OCH3 is 1. The predicted molar refractivity (Wildman–Crippen MR) is 104 cm³/mol. The van der Waals surface area contributed by atoms with Crippen molar-refractivity contribution < 1.29 is 4.74 Å². The summed E-state index contributed by atoms with van der Waals surface area (Å²) in [6, 6.07) is 8.06. The molecule has 3 rings (SSSR count). The zero-order valence-electron chi connectivity index (χ0n) is 14.4. The van der Waals surface area contributed by atoms with E-state index < -0.39 is 0 Å².